The van der Waals surface area contributed by atoms with Crippen LogP contribution < -0.4 is 0 Å². The standard InChI is InChI=1S/C51H34S/c1-51(2)45-19-11-10-14-37(45)43-29-44-42-27-25-35-28-34(24-26-36(35)50(42)52-47(44)30-46(43)51)31-20-22-33(23-21-31)49-40-17-8-6-15-38(40)48(32-12-4-3-5-13-32)39-16-7-9-18-41(39)49/h3-30H,1-2H3. The minimum atomic E-state index is 0.00855. The van der Waals surface area contributed by atoms with Crippen LogP contribution in [-0.2, 0) is 5.41 Å². The number of rotatable bonds is 3. The maximum absolute atomic E-state index is 2.47. The second kappa shape index (κ2) is 11.0. The van der Waals surface area contributed by atoms with E-state index in [0.29, 0.717) is 0 Å². The first-order valence-corrected chi connectivity index (χ1v) is 19.0. The highest BCUT2D eigenvalue weighted by atomic mass is 32.1. The molecule has 52 heavy (non-hydrogen) atoms. The molecule has 1 heterocycles. The van der Waals surface area contributed by atoms with Crippen molar-refractivity contribution < 1.29 is 0 Å². The number of fused-ring (bicyclic) bond motifs is 10. The van der Waals surface area contributed by atoms with E-state index < -0.39 is 0 Å². The summed E-state index contributed by atoms with van der Waals surface area (Å²) < 4.78 is 2.75. The summed E-state index contributed by atoms with van der Waals surface area (Å²) in [5.74, 6) is 0. The average molecular weight is 679 g/mol. The molecule has 1 heteroatoms. The molecule has 0 radical (unpaired) electrons. The smallest absolute Gasteiger partial charge is 0.0433 e. The van der Waals surface area contributed by atoms with Gasteiger partial charge in [-0.1, -0.05) is 166 Å². The van der Waals surface area contributed by atoms with E-state index in [1.165, 1.54) is 108 Å². The molecule has 1 aromatic heterocycles. The molecule has 11 rings (SSSR count). The molecule has 1 aliphatic rings. The third-order valence-electron chi connectivity index (χ3n) is 11.7. The normalized spacial score (nSPS) is 13.3. The first-order valence-electron chi connectivity index (χ1n) is 18.2. The second-order valence-electron chi connectivity index (χ2n) is 14.8. The lowest BCUT2D eigenvalue weighted by Crippen LogP contribution is -2.14. The van der Waals surface area contributed by atoms with E-state index in [1.807, 2.05) is 11.3 Å². The van der Waals surface area contributed by atoms with Crippen molar-refractivity contribution in [3.63, 3.8) is 0 Å². The zero-order valence-corrected chi connectivity index (χ0v) is 29.9. The van der Waals surface area contributed by atoms with Gasteiger partial charge in [-0.3, -0.25) is 0 Å². The maximum Gasteiger partial charge on any atom is 0.0433 e. The Kier molecular flexibility index (Phi) is 6.27. The summed E-state index contributed by atoms with van der Waals surface area (Å²) in [6, 6.07) is 63.3. The fourth-order valence-corrected chi connectivity index (χ4v) is 10.4. The first-order chi connectivity index (χ1) is 25.5. The lowest BCUT2D eigenvalue weighted by molar-refractivity contribution is 0.661. The fraction of sp³-hybridized carbons (Fsp3) is 0.0588. The summed E-state index contributed by atoms with van der Waals surface area (Å²) in [5, 5.41) is 10.5. The van der Waals surface area contributed by atoms with Gasteiger partial charge >= 0.3 is 0 Å². The summed E-state index contributed by atoms with van der Waals surface area (Å²) in [6.45, 7) is 4.73. The quantitative estimate of drug-likeness (QED) is 0.163. The SMILES string of the molecule is CC1(C)c2ccccc2-c2cc3c(cc21)sc1c2ccc(-c4ccc(-c5c6ccccc6c(-c6ccccc6)c6ccccc56)cc4)cc2ccc31. The Morgan fingerprint density at radius 3 is 1.62 bits per heavy atom. The molecule has 0 saturated heterocycles. The van der Waals surface area contributed by atoms with Crippen LogP contribution in [-0.4, -0.2) is 0 Å². The van der Waals surface area contributed by atoms with Crippen molar-refractivity contribution in [1.29, 1.82) is 0 Å². The van der Waals surface area contributed by atoms with Crippen molar-refractivity contribution in [1.82, 2.24) is 0 Å². The average Bonchev–Trinajstić information content (AvgIpc) is 3.67. The van der Waals surface area contributed by atoms with E-state index in [9.17, 15) is 0 Å². The van der Waals surface area contributed by atoms with Crippen LogP contribution >= 0.6 is 11.3 Å². The van der Waals surface area contributed by atoms with E-state index in [4.69, 9.17) is 0 Å². The number of benzene rings is 9. The predicted molar refractivity (Wildman–Crippen MR) is 226 cm³/mol. The van der Waals surface area contributed by atoms with Gasteiger partial charge in [-0.25, -0.2) is 0 Å². The lowest BCUT2D eigenvalue weighted by atomic mass is 9.82. The Labute approximate surface area is 307 Å². The van der Waals surface area contributed by atoms with Crippen molar-refractivity contribution in [3.05, 3.63) is 181 Å². The van der Waals surface area contributed by atoms with Gasteiger partial charge in [0, 0.05) is 25.6 Å². The largest absolute Gasteiger partial charge is 0.135 e. The fourth-order valence-electron chi connectivity index (χ4n) is 9.12. The van der Waals surface area contributed by atoms with Crippen LogP contribution in [0.25, 0.3) is 97.0 Å². The molecule has 0 spiro atoms. The van der Waals surface area contributed by atoms with Crippen LogP contribution in [0.4, 0.5) is 0 Å². The molecule has 0 N–H and O–H groups in total. The number of hydrogen-bond donors (Lipinski definition) is 0. The summed E-state index contributed by atoms with van der Waals surface area (Å²) in [6.07, 6.45) is 0. The zero-order chi connectivity index (χ0) is 34.6. The predicted octanol–water partition coefficient (Wildman–Crippen LogP) is 14.8. The Hall–Kier alpha value is -6.02. The summed E-state index contributed by atoms with van der Waals surface area (Å²) in [4.78, 5) is 0. The number of thiophene rings is 1. The van der Waals surface area contributed by atoms with Crippen LogP contribution in [0.15, 0.2) is 170 Å². The lowest BCUT2D eigenvalue weighted by Gasteiger charge is -2.21. The molecule has 0 fully saturated rings. The van der Waals surface area contributed by atoms with Gasteiger partial charge in [0.05, 0.1) is 0 Å². The highest BCUT2D eigenvalue weighted by molar-refractivity contribution is 7.26. The highest BCUT2D eigenvalue weighted by Gasteiger charge is 2.35. The van der Waals surface area contributed by atoms with Crippen LogP contribution in [0.3, 0.4) is 0 Å². The van der Waals surface area contributed by atoms with Crippen molar-refractivity contribution >= 4 is 63.8 Å². The van der Waals surface area contributed by atoms with Gasteiger partial charge in [0.15, 0.2) is 0 Å². The Morgan fingerprint density at radius 1 is 0.365 bits per heavy atom. The third kappa shape index (κ3) is 4.21. The van der Waals surface area contributed by atoms with Crippen molar-refractivity contribution in [2.45, 2.75) is 19.3 Å². The third-order valence-corrected chi connectivity index (χ3v) is 12.9. The van der Waals surface area contributed by atoms with E-state index in [0.717, 1.165) is 0 Å². The van der Waals surface area contributed by atoms with E-state index in [2.05, 4.69) is 184 Å². The van der Waals surface area contributed by atoms with Gasteiger partial charge in [-0.2, -0.15) is 0 Å². The van der Waals surface area contributed by atoms with Gasteiger partial charge in [0.2, 0.25) is 0 Å². The first kappa shape index (κ1) is 29.7. The molecule has 10 aromatic rings. The van der Waals surface area contributed by atoms with Crippen molar-refractivity contribution in [3.8, 4) is 44.5 Å². The molecule has 0 atom stereocenters. The molecular formula is C51H34S. The topological polar surface area (TPSA) is 0 Å². The van der Waals surface area contributed by atoms with E-state index >= 15 is 0 Å². The molecule has 1 aliphatic carbocycles. The summed E-state index contributed by atoms with van der Waals surface area (Å²) in [7, 11) is 0. The molecular weight excluding hydrogens is 645 g/mol. The van der Waals surface area contributed by atoms with Crippen LogP contribution in [0.2, 0.25) is 0 Å². The van der Waals surface area contributed by atoms with Gasteiger partial charge in [-0.15, -0.1) is 11.3 Å². The van der Waals surface area contributed by atoms with Gasteiger partial charge in [0.1, 0.15) is 0 Å². The van der Waals surface area contributed by atoms with Gasteiger partial charge < -0.3 is 0 Å². The molecule has 9 aromatic carbocycles. The number of hydrogen-bond acceptors (Lipinski definition) is 1. The van der Waals surface area contributed by atoms with E-state index in [1.54, 1.807) is 0 Å². The second-order valence-corrected chi connectivity index (χ2v) is 15.9. The minimum absolute atomic E-state index is 0.00855. The molecule has 0 bridgehead atoms. The molecule has 244 valence electrons. The molecule has 0 amide bonds. The zero-order valence-electron chi connectivity index (χ0n) is 29.1. The summed E-state index contributed by atoms with van der Waals surface area (Å²) in [5.41, 5.74) is 13.2. The molecule has 0 saturated carbocycles. The Morgan fingerprint density at radius 2 is 0.923 bits per heavy atom. The van der Waals surface area contributed by atoms with Crippen molar-refractivity contribution in [2.75, 3.05) is 0 Å². The van der Waals surface area contributed by atoms with Crippen LogP contribution in [0.5, 0.6) is 0 Å². The summed E-state index contributed by atoms with van der Waals surface area (Å²) >= 11 is 1.94. The maximum atomic E-state index is 2.47. The van der Waals surface area contributed by atoms with Crippen LogP contribution in [0, 0.1) is 0 Å². The molecule has 0 unspecified atom stereocenters. The molecule has 0 nitrogen and oxygen atoms in total. The van der Waals surface area contributed by atoms with Gasteiger partial charge in [0.25, 0.3) is 0 Å². The van der Waals surface area contributed by atoms with Crippen LogP contribution in [0.1, 0.15) is 25.0 Å². The van der Waals surface area contributed by atoms with Gasteiger partial charge in [-0.05, 0) is 106 Å². The Balaban J connectivity index is 1.01. The van der Waals surface area contributed by atoms with Crippen molar-refractivity contribution in [2.24, 2.45) is 0 Å². The monoisotopic (exact) mass is 678 g/mol. The molecule has 0 aliphatic heterocycles. The Bertz CT molecular complexity index is 3010. The highest BCUT2D eigenvalue weighted by Crippen LogP contribution is 2.52. The van der Waals surface area contributed by atoms with E-state index in [-0.39, 0.29) is 5.41 Å². The minimum Gasteiger partial charge on any atom is -0.135 e.